The molecule has 2 rings (SSSR count). The Morgan fingerprint density at radius 1 is 1.47 bits per heavy atom. The number of amides is 1. The molecule has 6 nitrogen and oxygen atoms in total. The summed E-state index contributed by atoms with van der Waals surface area (Å²) in [6, 6.07) is 8.10. The molecule has 6 heteroatoms. The van der Waals surface area contributed by atoms with E-state index in [-0.39, 0.29) is 12.5 Å². The van der Waals surface area contributed by atoms with Gasteiger partial charge in [0.1, 0.15) is 5.69 Å². The van der Waals surface area contributed by atoms with Gasteiger partial charge in [0.05, 0.1) is 25.0 Å². The Hall–Kier alpha value is -2.21. The van der Waals surface area contributed by atoms with Crippen molar-refractivity contribution in [1.82, 2.24) is 20.3 Å². The van der Waals surface area contributed by atoms with Crippen LogP contribution >= 0.6 is 0 Å². The number of hydrogen-bond donors (Lipinski definition) is 2. The first kappa shape index (κ1) is 13.2. The van der Waals surface area contributed by atoms with E-state index in [2.05, 4.69) is 34.7 Å². The molecule has 2 aromatic rings. The fourth-order valence-corrected chi connectivity index (χ4v) is 1.69. The highest BCUT2D eigenvalue weighted by Crippen LogP contribution is 2.10. The molecule has 0 bridgehead atoms. The number of hydrogen-bond acceptors (Lipinski definition) is 4. The number of aromatic nitrogens is 3. The van der Waals surface area contributed by atoms with Gasteiger partial charge in [-0.2, -0.15) is 0 Å². The molecule has 0 atom stereocenters. The highest BCUT2D eigenvalue weighted by Gasteiger charge is 2.04. The van der Waals surface area contributed by atoms with Gasteiger partial charge in [0.15, 0.2) is 0 Å². The normalized spacial score (nSPS) is 10.4. The molecule has 0 fully saturated rings. The molecule has 0 aliphatic rings. The van der Waals surface area contributed by atoms with Crippen LogP contribution in [-0.4, -0.2) is 27.4 Å². The highest BCUT2D eigenvalue weighted by molar-refractivity contribution is 5.77. The maximum atomic E-state index is 11.1. The van der Waals surface area contributed by atoms with Gasteiger partial charge in [-0.1, -0.05) is 24.3 Å². The number of rotatable bonds is 5. The Morgan fingerprint density at radius 3 is 3.05 bits per heavy atom. The summed E-state index contributed by atoms with van der Waals surface area (Å²) in [5.74, 6) is -0.206. The van der Waals surface area contributed by atoms with Crippen LogP contribution < -0.4 is 11.1 Å². The molecule has 1 amide bonds. The zero-order chi connectivity index (χ0) is 13.7. The lowest BCUT2D eigenvalue weighted by atomic mass is 10.1. The zero-order valence-corrected chi connectivity index (χ0v) is 10.8. The van der Waals surface area contributed by atoms with Crippen molar-refractivity contribution in [2.75, 3.05) is 6.54 Å². The van der Waals surface area contributed by atoms with Crippen molar-refractivity contribution in [3.05, 3.63) is 41.7 Å². The minimum absolute atomic E-state index is 0.0211. The van der Waals surface area contributed by atoms with E-state index in [1.165, 1.54) is 5.56 Å². The van der Waals surface area contributed by atoms with Gasteiger partial charge in [-0.3, -0.25) is 4.79 Å². The summed E-state index contributed by atoms with van der Waals surface area (Å²) in [6.07, 6.45) is 2.77. The van der Waals surface area contributed by atoms with Gasteiger partial charge in [-0.15, -0.1) is 5.10 Å². The molecule has 0 aliphatic heterocycles. The van der Waals surface area contributed by atoms with Crippen LogP contribution in [0.5, 0.6) is 0 Å². The topological polar surface area (TPSA) is 85.8 Å². The van der Waals surface area contributed by atoms with Crippen LogP contribution in [-0.2, 0) is 17.8 Å². The van der Waals surface area contributed by atoms with E-state index in [0.29, 0.717) is 12.2 Å². The Balaban J connectivity index is 2.09. The third-order valence-corrected chi connectivity index (χ3v) is 2.78. The molecule has 0 aliphatic carbocycles. The second-order valence-corrected chi connectivity index (χ2v) is 4.16. The second kappa shape index (κ2) is 6.10. The number of carbonyl (C=O) groups is 1. The second-order valence-electron chi connectivity index (χ2n) is 4.16. The van der Waals surface area contributed by atoms with Crippen LogP contribution in [0.25, 0.3) is 5.69 Å². The molecule has 19 heavy (non-hydrogen) atoms. The standard InChI is InChI=1S/C13H17N5O/c1-2-10-4-3-5-12(6-10)18-9-11(16-17-18)8-15-13(19)7-14/h3-6,9H,2,7-8,14H2,1H3,(H,15,19). The Bertz CT molecular complexity index is 564. The van der Waals surface area contributed by atoms with E-state index >= 15 is 0 Å². The molecule has 1 aromatic heterocycles. The third-order valence-electron chi connectivity index (χ3n) is 2.78. The van der Waals surface area contributed by atoms with Crippen molar-refractivity contribution >= 4 is 5.91 Å². The molecule has 0 spiro atoms. The van der Waals surface area contributed by atoms with Gasteiger partial charge in [0, 0.05) is 0 Å². The molecular weight excluding hydrogens is 242 g/mol. The smallest absolute Gasteiger partial charge is 0.234 e. The molecule has 1 heterocycles. The summed E-state index contributed by atoms with van der Waals surface area (Å²) >= 11 is 0. The number of aryl methyl sites for hydroxylation is 1. The number of nitrogens with two attached hydrogens (primary N) is 1. The first-order valence-electron chi connectivity index (χ1n) is 6.20. The lowest BCUT2D eigenvalue weighted by Gasteiger charge is -2.02. The minimum atomic E-state index is -0.206. The van der Waals surface area contributed by atoms with Gasteiger partial charge in [-0.05, 0) is 24.1 Å². The molecule has 0 saturated carbocycles. The predicted molar refractivity (Wildman–Crippen MR) is 71.6 cm³/mol. The average Bonchev–Trinajstić information content (AvgIpc) is 2.93. The lowest BCUT2D eigenvalue weighted by Crippen LogP contribution is -2.29. The van der Waals surface area contributed by atoms with Crippen LogP contribution in [0.2, 0.25) is 0 Å². The van der Waals surface area contributed by atoms with Crippen molar-refractivity contribution in [3.63, 3.8) is 0 Å². The summed E-state index contributed by atoms with van der Waals surface area (Å²) in [4.78, 5) is 11.1. The SMILES string of the molecule is CCc1cccc(-n2cc(CNC(=O)CN)nn2)c1. The first-order chi connectivity index (χ1) is 9.22. The third kappa shape index (κ3) is 3.38. The van der Waals surface area contributed by atoms with Crippen molar-refractivity contribution in [3.8, 4) is 5.69 Å². The van der Waals surface area contributed by atoms with Crippen LogP contribution in [0.15, 0.2) is 30.5 Å². The fourth-order valence-electron chi connectivity index (χ4n) is 1.69. The van der Waals surface area contributed by atoms with Gasteiger partial charge in [0.25, 0.3) is 0 Å². The molecule has 1 aromatic carbocycles. The summed E-state index contributed by atoms with van der Waals surface area (Å²) < 4.78 is 1.70. The van der Waals surface area contributed by atoms with Crippen molar-refractivity contribution < 1.29 is 4.79 Å². The van der Waals surface area contributed by atoms with Crippen LogP contribution in [0.4, 0.5) is 0 Å². The van der Waals surface area contributed by atoms with E-state index in [1.54, 1.807) is 10.9 Å². The Kier molecular flexibility index (Phi) is 4.25. The fraction of sp³-hybridized carbons (Fsp3) is 0.308. The number of nitrogens with one attached hydrogen (secondary N) is 1. The molecular formula is C13H17N5O. The quantitative estimate of drug-likeness (QED) is 0.814. The Labute approximate surface area is 111 Å². The maximum Gasteiger partial charge on any atom is 0.234 e. The van der Waals surface area contributed by atoms with E-state index in [4.69, 9.17) is 5.73 Å². The van der Waals surface area contributed by atoms with Gasteiger partial charge >= 0.3 is 0 Å². The summed E-state index contributed by atoms with van der Waals surface area (Å²) in [6.45, 7) is 2.42. The number of benzene rings is 1. The van der Waals surface area contributed by atoms with E-state index in [9.17, 15) is 4.79 Å². The van der Waals surface area contributed by atoms with Gasteiger partial charge in [0.2, 0.25) is 5.91 Å². The predicted octanol–water partition coefficient (Wildman–Crippen LogP) is 0.405. The largest absolute Gasteiger partial charge is 0.349 e. The number of nitrogens with zero attached hydrogens (tertiary/aromatic N) is 3. The summed E-state index contributed by atoms with van der Waals surface area (Å²) in [7, 11) is 0. The molecule has 0 saturated heterocycles. The van der Waals surface area contributed by atoms with Crippen LogP contribution in [0, 0.1) is 0 Å². The van der Waals surface area contributed by atoms with Crippen LogP contribution in [0.1, 0.15) is 18.2 Å². The lowest BCUT2D eigenvalue weighted by molar-refractivity contribution is -0.119. The summed E-state index contributed by atoms with van der Waals surface area (Å²) in [5.41, 5.74) is 8.11. The van der Waals surface area contributed by atoms with Gasteiger partial charge in [-0.25, -0.2) is 4.68 Å². The zero-order valence-electron chi connectivity index (χ0n) is 10.8. The molecule has 3 N–H and O–H groups in total. The van der Waals surface area contributed by atoms with E-state index in [0.717, 1.165) is 12.1 Å². The minimum Gasteiger partial charge on any atom is -0.349 e. The van der Waals surface area contributed by atoms with Crippen molar-refractivity contribution in [1.29, 1.82) is 0 Å². The van der Waals surface area contributed by atoms with Gasteiger partial charge < -0.3 is 11.1 Å². The Morgan fingerprint density at radius 2 is 2.32 bits per heavy atom. The monoisotopic (exact) mass is 259 g/mol. The number of carbonyl (C=O) groups excluding carboxylic acids is 1. The molecule has 0 unspecified atom stereocenters. The summed E-state index contributed by atoms with van der Waals surface area (Å²) in [5, 5.41) is 10.7. The van der Waals surface area contributed by atoms with Crippen molar-refractivity contribution in [2.45, 2.75) is 19.9 Å². The maximum absolute atomic E-state index is 11.1. The average molecular weight is 259 g/mol. The van der Waals surface area contributed by atoms with E-state index in [1.807, 2.05) is 12.1 Å². The van der Waals surface area contributed by atoms with Crippen LogP contribution in [0.3, 0.4) is 0 Å². The molecule has 0 radical (unpaired) electrons. The highest BCUT2D eigenvalue weighted by atomic mass is 16.1. The van der Waals surface area contributed by atoms with Crippen molar-refractivity contribution in [2.24, 2.45) is 5.73 Å². The molecule has 100 valence electrons. The first-order valence-corrected chi connectivity index (χ1v) is 6.20. The van der Waals surface area contributed by atoms with E-state index < -0.39 is 0 Å².